The fourth-order valence-electron chi connectivity index (χ4n) is 2.76. The lowest BCUT2D eigenvalue weighted by Crippen LogP contribution is -2.45. The van der Waals surface area contributed by atoms with Crippen LogP contribution in [0.4, 0.5) is 0 Å². The minimum Gasteiger partial charge on any atom is -0.297 e. The Kier molecular flexibility index (Phi) is 3.09. The van der Waals surface area contributed by atoms with Gasteiger partial charge in [-0.1, -0.05) is 20.3 Å². The molecular formula is C14H17NOS. The lowest BCUT2D eigenvalue weighted by molar-refractivity contribution is -0.138. The van der Waals surface area contributed by atoms with E-state index >= 15 is 0 Å². The fraction of sp³-hybridized carbons (Fsp3) is 0.571. The van der Waals surface area contributed by atoms with E-state index in [1.165, 1.54) is 0 Å². The Balaban J connectivity index is 2.31. The predicted octanol–water partition coefficient (Wildman–Crippen LogP) is 3.58. The molecule has 0 amide bonds. The second-order valence-electron chi connectivity index (χ2n) is 5.57. The Morgan fingerprint density at radius 3 is 2.82 bits per heavy atom. The van der Waals surface area contributed by atoms with Crippen molar-refractivity contribution < 1.29 is 4.79 Å². The number of hydrogen-bond donors (Lipinski definition) is 0. The van der Waals surface area contributed by atoms with Crippen molar-refractivity contribution in [3.05, 3.63) is 22.4 Å². The quantitative estimate of drug-likeness (QED) is 0.801. The van der Waals surface area contributed by atoms with Crippen LogP contribution in [0.3, 0.4) is 0 Å². The molecule has 0 aromatic carbocycles. The molecule has 3 heteroatoms. The number of nitriles is 1. The number of rotatable bonds is 2. The zero-order valence-corrected chi connectivity index (χ0v) is 11.1. The average Bonchev–Trinajstić information content (AvgIpc) is 2.77. The molecule has 1 aliphatic carbocycles. The number of Topliss-reactive ketones (excluding diaryl/α,β-unsaturated/α-hetero) is 1. The van der Waals surface area contributed by atoms with Crippen molar-refractivity contribution in [2.45, 2.75) is 39.5 Å². The molecule has 0 N–H and O–H groups in total. The first-order valence-corrected chi connectivity index (χ1v) is 6.92. The molecule has 0 bridgehead atoms. The number of thiophene rings is 1. The van der Waals surface area contributed by atoms with Crippen LogP contribution in [-0.4, -0.2) is 5.78 Å². The van der Waals surface area contributed by atoms with Gasteiger partial charge < -0.3 is 0 Å². The van der Waals surface area contributed by atoms with E-state index in [0.717, 1.165) is 18.4 Å². The van der Waals surface area contributed by atoms with Gasteiger partial charge in [-0.15, -0.1) is 0 Å². The third-order valence-corrected chi connectivity index (χ3v) is 4.49. The van der Waals surface area contributed by atoms with Crippen LogP contribution in [0, 0.1) is 22.2 Å². The van der Waals surface area contributed by atoms with E-state index in [0.29, 0.717) is 12.8 Å². The fourth-order valence-corrected chi connectivity index (χ4v) is 3.43. The maximum Gasteiger partial charge on any atom is 0.158 e. The summed E-state index contributed by atoms with van der Waals surface area (Å²) in [6.45, 7) is 3.93. The van der Waals surface area contributed by atoms with Crippen molar-refractivity contribution >= 4 is 17.1 Å². The molecule has 2 rings (SSSR count). The molecule has 2 nitrogen and oxygen atoms in total. The smallest absolute Gasteiger partial charge is 0.158 e. The average molecular weight is 247 g/mol. The standard InChI is InChI=1S/C14H17NOS/c1-13(2)5-3-6-14(10-15,12(13)16)8-11-4-7-17-9-11/h4,7,9H,3,5-6,8H2,1-2H3. The molecular weight excluding hydrogens is 230 g/mol. The van der Waals surface area contributed by atoms with E-state index < -0.39 is 5.41 Å². The highest BCUT2D eigenvalue weighted by atomic mass is 32.1. The molecule has 1 saturated carbocycles. The summed E-state index contributed by atoms with van der Waals surface area (Å²) in [5.74, 6) is 0.130. The SMILES string of the molecule is CC1(C)CCCC(C#N)(Cc2ccsc2)C1=O. The van der Waals surface area contributed by atoms with Crippen molar-refractivity contribution in [2.75, 3.05) is 0 Å². The van der Waals surface area contributed by atoms with E-state index in [9.17, 15) is 10.1 Å². The molecule has 90 valence electrons. The van der Waals surface area contributed by atoms with Gasteiger partial charge in [-0.3, -0.25) is 4.79 Å². The van der Waals surface area contributed by atoms with Crippen molar-refractivity contribution in [2.24, 2.45) is 10.8 Å². The number of ketones is 1. The van der Waals surface area contributed by atoms with Gasteiger partial charge in [0.2, 0.25) is 0 Å². The highest BCUT2D eigenvalue weighted by Gasteiger charge is 2.48. The molecule has 1 heterocycles. The molecule has 1 atom stereocenters. The number of hydrogen-bond acceptors (Lipinski definition) is 3. The molecule has 0 aliphatic heterocycles. The lowest BCUT2D eigenvalue weighted by atomic mass is 9.61. The third-order valence-electron chi connectivity index (χ3n) is 3.75. The van der Waals surface area contributed by atoms with Crippen LogP contribution < -0.4 is 0 Å². The Bertz CT molecular complexity index is 455. The van der Waals surface area contributed by atoms with Crippen LogP contribution in [-0.2, 0) is 11.2 Å². The minimum atomic E-state index is -0.789. The minimum absolute atomic E-state index is 0.130. The highest BCUT2D eigenvalue weighted by molar-refractivity contribution is 7.07. The first kappa shape index (κ1) is 12.3. The van der Waals surface area contributed by atoms with Crippen LogP contribution in [0.25, 0.3) is 0 Å². The van der Waals surface area contributed by atoms with E-state index in [1.807, 2.05) is 30.7 Å². The van der Waals surface area contributed by atoms with Gasteiger partial charge in [0.1, 0.15) is 5.41 Å². The molecule has 1 aliphatic rings. The zero-order valence-electron chi connectivity index (χ0n) is 10.3. The maximum absolute atomic E-state index is 12.5. The monoisotopic (exact) mass is 247 g/mol. The Morgan fingerprint density at radius 2 is 2.24 bits per heavy atom. The summed E-state index contributed by atoms with van der Waals surface area (Å²) >= 11 is 1.62. The number of nitrogens with zero attached hydrogens (tertiary/aromatic N) is 1. The van der Waals surface area contributed by atoms with Crippen LogP contribution >= 0.6 is 11.3 Å². The Morgan fingerprint density at radius 1 is 1.47 bits per heavy atom. The van der Waals surface area contributed by atoms with Gasteiger partial charge in [0.15, 0.2) is 5.78 Å². The topological polar surface area (TPSA) is 40.9 Å². The van der Waals surface area contributed by atoms with Crippen molar-refractivity contribution in [3.63, 3.8) is 0 Å². The van der Waals surface area contributed by atoms with E-state index in [2.05, 4.69) is 6.07 Å². The zero-order chi connectivity index (χ0) is 12.5. The van der Waals surface area contributed by atoms with E-state index in [4.69, 9.17) is 0 Å². The van der Waals surface area contributed by atoms with Crippen molar-refractivity contribution in [3.8, 4) is 6.07 Å². The summed E-state index contributed by atoms with van der Waals surface area (Å²) in [5, 5.41) is 13.5. The van der Waals surface area contributed by atoms with Gasteiger partial charge in [-0.2, -0.15) is 16.6 Å². The van der Waals surface area contributed by atoms with Crippen molar-refractivity contribution in [1.82, 2.24) is 0 Å². The normalized spacial score (nSPS) is 27.7. The molecule has 0 saturated heterocycles. The number of carbonyl (C=O) groups excluding carboxylic acids is 1. The second kappa shape index (κ2) is 4.27. The van der Waals surface area contributed by atoms with Crippen molar-refractivity contribution in [1.29, 1.82) is 5.26 Å². The van der Waals surface area contributed by atoms with Crippen LogP contribution in [0.1, 0.15) is 38.7 Å². The van der Waals surface area contributed by atoms with Gasteiger partial charge >= 0.3 is 0 Å². The molecule has 1 aromatic rings. The van der Waals surface area contributed by atoms with E-state index in [-0.39, 0.29) is 11.2 Å². The first-order chi connectivity index (χ1) is 8.00. The third kappa shape index (κ3) is 2.14. The lowest BCUT2D eigenvalue weighted by Gasteiger charge is -2.38. The summed E-state index contributed by atoms with van der Waals surface area (Å²) in [5.41, 5.74) is -0.0186. The molecule has 1 unspecified atom stereocenters. The van der Waals surface area contributed by atoms with Gasteiger partial charge in [-0.05, 0) is 41.7 Å². The maximum atomic E-state index is 12.5. The number of carbonyl (C=O) groups is 1. The van der Waals surface area contributed by atoms with E-state index in [1.54, 1.807) is 11.3 Å². The summed E-state index contributed by atoms with van der Waals surface area (Å²) in [7, 11) is 0. The summed E-state index contributed by atoms with van der Waals surface area (Å²) in [6, 6.07) is 4.33. The molecule has 0 spiro atoms. The first-order valence-electron chi connectivity index (χ1n) is 5.97. The van der Waals surface area contributed by atoms with Gasteiger partial charge in [-0.25, -0.2) is 0 Å². The largest absolute Gasteiger partial charge is 0.297 e. The van der Waals surface area contributed by atoms with Crippen LogP contribution in [0.2, 0.25) is 0 Å². The highest BCUT2D eigenvalue weighted by Crippen LogP contribution is 2.44. The summed E-state index contributed by atoms with van der Waals surface area (Å²) in [6.07, 6.45) is 3.16. The van der Waals surface area contributed by atoms with Crippen LogP contribution in [0.15, 0.2) is 16.8 Å². The molecule has 1 aromatic heterocycles. The molecule has 1 fully saturated rings. The summed E-state index contributed by atoms with van der Waals surface area (Å²) < 4.78 is 0. The Hall–Kier alpha value is -1.14. The van der Waals surface area contributed by atoms with Gasteiger partial charge in [0.05, 0.1) is 6.07 Å². The predicted molar refractivity (Wildman–Crippen MR) is 68.7 cm³/mol. The Labute approximate surface area is 106 Å². The van der Waals surface area contributed by atoms with Gasteiger partial charge in [0.25, 0.3) is 0 Å². The molecule has 0 radical (unpaired) electrons. The second-order valence-corrected chi connectivity index (χ2v) is 6.35. The van der Waals surface area contributed by atoms with Crippen LogP contribution in [0.5, 0.6) is 0 Å². The summed E-state index contributed by atoms with van der Waals surface area (Å²) in [4.78, 5) is 12.5. The molecule has 17 heavy (non-hydrogen) atoms. The van der Waals surface area contributed by atoms with Gasteiger partial charge in [0, 0.05) is 5.41 Å².